The monoisotopic (exact) mass is 274 g/mol. The van der Waals surface area contributed by atoms with Gasteiger partial charge >= 0.3 is 0 Å². The van der Waals surface area contributed by atoms with Gasteiger partial charge in [-0.3, -0.25) is 4.79 Å². The lowest BCUT2D eigenvalue weighted by atomic mass is 10.1. The number of carbonyl (C=O) groups is 1. The quantitative estimate of drug-likeness (QED) is 0.900. The molecule has 1 amide bonds. The number of ether oxygens (including phenoxy) is 1. The molecule has 104 valence electrons. The highest BCUT2D eigenvalue weighted by molar-refractivity contribution is 5.95. The summed E-state index contributed by atoms with van der Waals surface area (Å²) >= 11 is 0. The molecule has 0 heterocycles. The molecule has 2 aromatic carbocycles. The number of nitrogens with one attached hydrogen (secondary N) is 1. The summed E-state index contributed by atoms with van der Waals surface area (Å²) in [5.41, 5.74) is 6.54. The highest BCUT2D eigenvalue weighted by Gasteiger charge is 2.17. The molecule has 0 aromatic heterocycles. The number of nitrogens with two attached hydrogens (primary N) is 1. The molecule has 20 heavy (non-hydrogen) atoms. The molecule has 0 radical (unpaired) electrons. The second kappa shape index (κ2) is 6.16. The van der Waals surface area contributed by atoms with Crippen LogP contribution in [0.25, 0.3) is 0 Å². The van der Waals surface area contributed by atoms with Crippen LogP contribution in [0, 0.1) is 5.82 Å². The molecule has 0 aliphatic heterocycles. The maximum Gasteiger partial charge on any atom is 0.245 e. The lowest BCUT2D eigenvalue weighted by Gasteiger charge is -2.13. The highest BCUT2D eigenvalue weighted by atomic mass is 19.1. The van der Waals surface area contributed by atoms with E-state index in [1.165, 1.54) is 25.3 Å². The Morgan fingerprint density at radius 3 is 2.60 bits per heavy atom. The molecule has 0 saturated carbocycles. The van der Waals surface area contributed by atoms with Gasteiger partial charge in [0.05, 0.1) is 12.8 Å². The first-order valence-corrected chi connectivity index (χ1v) is 6.06. The lowest BCUT2D eigenvalue weighted by molar-refractivity contribution is -0.117. The summed E-state index contributed by atoms with van der Waals surface area (Å²) in [6.07, 6.45) is 0. The van der Waals surface area contributed by atoms with Crippen molar-refractivity contribution in [1.29, 1.82) is 0 Å². The van der Waals surface area contributed by atoms with Crippen LogP contribution in [0.1, 0.15) is 11.6 Å². The summed E-state index contributed by atoms with van der Waals surface area (Å²) in [7, 11) is 1.47. The van der Waals surface area contributed by atoms with Gasteiger partial charge in [-0.05, 0) is 17.7 Å². The van der Waals surface area contributed by atoms with E-state index in [0.29, 0.717) is 11.3 Å². The van der Waals surface area contributed by atoms with Gasteiger partial charge in [0, 0.05) is 6.07 Å². The van der Waals surface area contributed by atoms with Crippen LogP contribution in [-0.4, -0.2) is 13.0 Å². The van der Waals surface area contributed by atoms with E-state index < -0.39 is 17.8 Å². The summed E-state index contributed by atoms with van der Waals surface area (Å²) < 4.78 is 18.6. The van der Waals surface area contributed by atoms with Crippen LogP contribution in [0.4, 0.5) is 10.1 Å². The number of methoxy groups -OCH3 is 1. The molecule has 0 spiro atoms. The van der Waals surface area contributed by atoms with Gasteiger partial charge in [0.25, 0.3) is 0 Å². The van der Waals surface area contributed by atoms with E-state index in [0.717, 1.165) is 0 Å². The van der Waals surface area contributed by atoms with Gasteiger partial charge in [-0.15, -0.1) is 0 Å². The summed E-state index contributed by atoms with van der Waals surface area (Å²) in [5.74, 6) is -0.572. The lowest BCUT2D eigenvalue weighted by Crippen LogP contribution is -2.28. The third kappa shape index (κ3) is 3.13. The van der Waals surface area contributed by atoms with Crippen molar-refractivity contribution in [3.63, 3.8) is 0 Å². The predicted octanol–water partition coefficient (Wildman–Crippen LogP) is 2.47. The smallest absolute Gasteiger partial charge is 0.245 e. The molecule has 0 bridgehead atoms. The molecule has 2 aromatic rings. The molecule has 4 nitrogen and oxygen atoms in total. The van der Waals surface area contributed by atoms with Gasteiger partial charge < -0.3 is 15.8 Å². The standard InChI is InChI=1S/C15H15FN2O2/c1-20-11-7-8-12(16)13(9-11)18-15(19)14(17)10-5-3-2-4-6-10/h2-9,14H,17H2,1H3,(H,18,19)/t14-/m0/s1. The van der Waals surface area contributed by atoms with Crippen molar-refractivity contribution in [2.75, 3.05) is 12.4 Å². The molecule has 1 atom stereocenters. The zero-order chi connectivity index (χ0) is 14.5. The van der Waals surface area contributed by atoms with Crippen molar-refractivity contribution in [2.45, 2.75) is 6.04 Å². The molecule has 0 fully saturated rings. The van der Waals surface area contributed by atoms with Gasteiger partial charge in [-0.2, -0.15) is 0 Å². The van der Waals surface area contributed by atoms with Crippen LogP contribution in [0.5, 0.6) is 5.75 Å². The summed E-state index contributed by atoms with van der Waals surface area (Å²) in [6, 6.07) is 12.1. The Hall–Kier alpha value is -2.40. The minimum absolute atomic E-state index is 0.0423. The summed E-state index contributed by atoms with van der Waals surface area (Å²) in [5, 5.41) is 2.46. The van der Waals surface area contributed by atoms with E-state index >= 15 is 0 Å². The number of amides is 1. The Balaban J connectivity index is 2.15. The summed E-state index contributed by atoms with van der Waals surface area (Å²) in [6.45, 7) is 0. The fourth-order valence-electron chi connectivity index (χ4n) is 1.75. The van der Waals surface area contributed by atoms with Crippen molar-refractivity contribution in [2.24, 2.45) is 5.73 Å². The third-order valence-corrected chi connectivity index (χ3v) is 2.87. The average molecular weight is 274 g/mol. The zero-order valence-electron chi connectivity index (χ0n) is 11.0. The van der Waals surface area contributed by atoms with Crippen molar-refractivity contribution in [1.82, 2.24) is 0 Å². The molecule has 0 aliphatic rings. The Morgan fingerprint density at radius 1 is 1.25 bits per heavy atom. The van der Waals surface area contributed by atoms with Gasteiger partial charge in [0.1, 0.15) is 17.6 Å². The Labute approximate surface area is 116 Å². The SMILES string of the molecule is COc1ccc(F)c(NC(=O)[C@@H](N)c2ccccc2)c1. The number of halogens is 1. The normalized spacial score (nSPS) is 11.8. The molecule has 0 unspecified atom stereocenters. The van der Waals surface area contributed by atoms with Crippen molar-refractivity contribution >= 4 is 11.6 Å². The number of anilines is 1. The first-order valence-electron chi connectivity index (χ1n) is 6.06. The molecule has 2 rings (SSSR count). The molecule has 3 N–H and O–H groups in total. The first-order chi connectivity index (χ1) is 9.61. The second-order valence-corrected chi connectivity index (χ2v) is 4.22. The van der Waals surface area contributed by atoms with E-state index in [-0.39, 0.29) is 5.69 Å². The van der Waals surface area contributed by atoms with E-state index in [2.05, 4.69) is 5.32 Å². The fraction of sp³-hybridized carbons (Fsp3) is 0.133. The zero-order valence-corrected chi connectivity index (χ0v) is 11.0. The number of benzene rings is 2. The maximum absolute atomic E-state index is 13.6. The number of hydrogen-bond acceptors (Lipinski definition) is 3. The molecule has 5 heteroatoms. The highest BCUT2D eigenvalue weighted by Crippen LogP contribution is 2.22. The van der Waals surface area contributed by atoms with Gasteiger partial charge in [0.15, 0.2) is 0 Å². The Kier molecular flexibility index (Phi) is 4.32. The third-order valence-electron chi connectivity index (χ3n) is 2.87. The van der Waals surface area contributed by atoms with Crippen molar-refractivity contribution < 1.29 is 13.9 Å². The number of hydrogen-bond donors (Lipinski definition) is 2. The van der Waals surface area contributed by atoms with Gasteiger partial charge in [-0.1, -0.05) is 30.3 Å². The number of rotatable bonds is 4. The molecule has 0 aliphatic carbocycles. The van der Waals surface area contributed by atoms with Crippen LogP contribution < -0.4 is 15.8 Å². The fourth-order valence-corrected chi connectivity index (χ4v) is 1.75. The minimum Gasteiger partial charge on any atom is -0.497 e. The predicted molar refractivity (Wildman–Crippen MR) is 75.0 cm³/mol. The topological polar surface area (TPSA) is 64.3 Å². The number of carbonyl (C=O) groups excluding carboxylic acids is 1. The van der Waals surface area contributed by atoms with Crippen LogP contribution in [0.3, 0.4) is 0 Å². The van der Waals surface area contributed by atoms with Crippen molar-refractivity contribution in [3.8, 4) is 5.75 Å². The van der Waals surface area contributed by atoms with Crippen LogP contribution in [0.2, 0.25) is 0 Å². The van der Waals surface area contributed by atoms with Gasteiger partial charge in [0.2, 0.25) is 5.91 Å². The first kappa shape index (κ1) is 14.0. The minimum atomic E-state index is -0.859. The Morgan fingerprint density at radius 2 is 1.95 bits per heavy atom. The van der Waals surface area contributed by atoms with Gasteiger partial charge in [-0.25, -0.2) is 4.39 Å². The molecular weight excluding hydrogens is 259 g/mol. The largest absolute Gasteiger partial charge is 0.497 e. The van der Waals surface area contributed by atoms with Crippen molar-refractivity contribution in [3.05, 3.63) is 59.9 Å². The van der Waals surface area contributed by atoms with E-state index in [4.69, 9.17) is 10.5 Å². The molecular formula is C15H15FN2O2. The van der Waals surface area contributed by atoms with Crippen LogP contribution in [0.15, 0.2) is 48.5 Å². The van der Waals surface area contributed by atoms with Crippen LogP contribution in [-0.2, 0) is 4.79 Å². The van der Waals surface area contributed by atoms with E-state index in [1.54, 1.807) is 24.3 Å². The van der Waals surface area contributed by atoms with Crippen LogP contribution >= 0.6 is 0 Å². The average Bonchev–Trinajstić information content (AvgIpc) is 2.49. The van der Waals surface area contributed by atoms with E-state index in [9.17, 15) is 9.18 Å². The Bertz CT molecular complexity index is 602. The second-order valence-electron chi connectivity index (χ2n) is 4.22. The molecule has 0 saturated heterocycles. The summed E-state index contributed by atoms with van der Waals surface area (Å²) in [4.78, 5) is 12.0. The van der Waals surface area contributed by atoms with E-state index in [1.807, 2.05) is 6.07 Å². The maximum atomic E-state index is 13.6.